The molecule has 0 bridgehead atoms. The van der Waals surface area contributed by atoms with Gasteiger partial charge in [0.25, 0.3) is 0 Å². The van der Waals surface area contributed by atoms with Crippen LogP contribution in [0.5, 0.6) is 5.75 Å². The van der Waals surface area contributed by atoms with E-state index in [1.807, 2.05) is 6.92 Å². The number of ether oxygens (including phenoxy) is 1. The number of benzene rings is 1. The molecule has 0 aromatic heterocycles. The van der Waals surface area contributed by atoms with Crippen LogP contribution in [0.2, 0.25) is 0 Å². The van der Waals surface area contributed by atoms with Crippen molar-refractivity contribution in [3.05, 3.63) is 23.8 Å². The number of nitrogens with one attached hydrogen (secondary N) is 1. The first kappa shape index (κ1) is 17.3. The molecule has 1 aliphatic carbocycles. The Morgan fingerprint density at radius 3 is 2.41 bits per heavy atom. The van der Waals surface area contributed by atoms with Crippen LogP contribution < -0.4 is 9.46 Å². The maximum absolute atomic E-state index is 12.6. The molecule has 1 N–H and O–H groups in total. The lowest BCUT2D eigenvalue weighted by Crippen LogP contribution is -2.32. The highest BCUT2D eigenvalue weighted by molar-refractivity contribution is 7.89. The first-order chi connectivity index (χ1) is 10.2. The topological polar surface area (TPSA) is 55.4 Å². The minimum atomic E-state index is -3.46. The molecule has 1 aromatic carbocycles. The Hall–Kier alpha value is -1.07. The standard InChI is InChI=1S/C17H27NO3S/c1-5-21-16-11-10-14(12-15(16)17(2,3)4)22(19,20)18-13-8-6-7-9-13/h10-13,18H,5-9H2,1-4H3. The van der Waals surface area contributed by atoms with Gasteiger partial charge in [-0.25, -0.2) is 13.1 Å². The summed E-state index contributed by atoms with van der Waals surface area (Å²) >= 11 is 0. The van der Waals surface area contributed by atoms with Crippen molar-refractivity contribution in [2.45, 2.75) is 69.7 Å². The number of hydrogen-bond donors (Lipinski definition) is 1. The molecule has 22 heavy (non-hydrogen) atoms. The van der Waals surface area contributed by atoms with Crippen molar-refractivity contribution in [1.29, 1.82) is 0 Å². The zero-order valence-electron chi connectivity index (χ0n) is 14.0. The largest absolute Gasteiger partial charge is 0.494 e. The van der Waals surface area contributed by atoms with Crippen LogP contribution in [0.4, 0.5) is 0 Å². The van der Waals surface area contributed by atoms with Crippen LogP contribution in [0, 0.1) is 0 Å². The monoisotopic (exact) mass is 325 g/mol. The number of rotatable bonds is 5. The zero-order chi connectivity index (χ0) is 16.4. The molecular formula is C17H27NO3S. The molecule has 0 saturated heterocycles. The van der Waals surface area contributed by atoms with Gasteiger partial charge in [0.1, 0.15) is 5.75 Å². The molecule has 0 atom stereocenters. The minimum absolute atomic E-state index is 0.0784. The smallest absolute Gasteiger partial charge is 0.240 e. The van der Waals surface area contributed by atoms with Crippen LogP contribution in [0.1, 0.15) is 58.9 Å². The summed E-state index contributed by atoms with van der Waals surface area (Å²) in [6.45, 7) is 8.68. The van der Waals surface area contributed by atoms with Crippen LogP contribution in [0.25, 0.3) is 0 Å². The molecule has 124 valence electrons. The molecule has 0 radical (unpaired) electrons. The lowest BCUT2D eigenvalue weighted by Gasteiger charge is -2.24. The second kappa shape index (κ2) is 6.59. The number of hydrogen-bond acceptors (Lipinski definition) is 3. The summed E-state index contributed by atoms with van der Waals surface area (Å²) in [5, 5.41) is 0. The summed E-state index contributed by atoms with van der Waals surface area (Å²) in [7, 11) is -3.46. The molecule has 0 amide bonds. The third-order valence-electron chi connectivity index (χ3n) is 4.05. The summed E-state index contributed by atoms with van der Waals surface area (Å²) in [6, 6.07) is 5.24. The van der Waals surface area contributed by atoms with Crippen LogP contribution in [0.3, 0.4) is 0 Å². The van der Waals surface area contributed by atoms with Crippen molar-refractivity contribution >= 4 is 10.0 Å². The van der Waals surface area contributed by atoms with Gasteiger partial charge in [-0.3, -0.25) is 0 Å². The molecular weight excluding hydrogens is 298 g/mol. The average Bonchev–Trinajstić information content (AvgIpc) is 2.90. The zero-order valence-corrected chi connectivity index (χ0v) is 14.8. The summed E-state index contributed by atoms with van der Waals surface area (Å²) in [6.07, 6.45) is 4.07. The summed E-state index contributed by atoms with van der Waals surface area (Å²) in [5.41, 5.74) is 0.743. The van der Waals surface area contributed by atoms with E-state index in [2.05, 4.69) is 25.5 Å². The fourth-order valence-corrected chi connectivity index (χ4v) is 4.21. The van der Waals surface area contributed by atoms with Crippen LogP contribution in [-0.2, 0) is 15.4 Å². The molecule has 4 nitrogen and oxygen atoms in total. The Morgan fingerprint density at radius 2 is 1.86 bits per heavy atom. The molecule has 5 heteroatoms. The Labute approximate surface area is 134 Å². The van der Waals surface area contributed by atoms with E-state index in [1.54, 1.807) is 18.2 Å². The van der Waals surface area contributed by atoms with Crippen molar-refractivity contribution in [3.8, 4) is 5.75 Å². The van der Waals surface area contributed by atoms with E-state index >= 15 is 0 Å². The molecule has 0 aliphatic heterocycles. The first-order valence-electron chi connectivity index (χ1n) is 8.03. The molecule has 0 spiro atoms. The van der Waals surface area contributed by atoms with Crippen molar-refractivity contribution in [3.63, 3.8) is 0 Å². The van der Waals surface area contributed by atoms with Crippen molar-refractivity contribution in [1.82, 2.24) is 4.72 Å². The van der Waals surface area contributed by atoms with Gasteiger partial charge in [-0.05, 0) is 43.4 Å². The van der Waals surface area contributed by atoms with Crippen LogP contribution in [0.15, 0.2) is 23.1 Å². The highest BCUT2D eigenvalue weighted by Crippen LogP contribution is 2.33. The Bertz CT molecular complexity index is 611. The highest BCUT2D eigenvalue weighted by Gasteiger charge is 2.26. The summed E-state index contributed by atoms with van der Waals surface area (Å²) in [5.74, 6) is 0.759. The van der Waals surface area contributed by atoms with Gasteiger partial charge in [-0.15, -0.1) is 0 Å². The van der Waals surface area contributed by atoms with E-state index in [0.29, 0.717) is 11.5 Å². The van der Waals surface area contributed by atoms with Crippen molar-refractivity contribution < 1.29 is 13.2 Å². The predicted molar refractivity (Wildman–Crippen MR) is 88.9 cm³/mol. The molecule has 1 saturated carbocycles. The third kappa shape index (κ3) is 4.02. The van der Waals surface area contributed by atoms with Gasteiger partial charge >= 0.3 is 0 Å². The van der Waals surface area contributed by atoms with Crippen LogP contribution >= 0.6 is 0 Å². The lowest BCUT2D eigenvalue weighted by atomic mass is 9.86. The quantitative estimate of drug-likeness (QED) is 0.900. The number of sulfonamides is 1. The SMILES string of the molecule is CCOc1ccc(S(=O)(=O)NC2CCCC2)cc1C(C)(C)C. The van der Waals surface area contributed by atoms with Gasteiger partial charge in [0.05, 0.1) is 11.5 Å². The van der Waals surface area contributed by atoms with Gasteiger partial charge in [0, 0.05) is 11.6 Å². The van der Waals surface area contributed by atoms with Crippen molar-refractivity contribution in [2.75, 3.05) is 6.61 Å². The summed E-state index contributed by atoms with van der Waals surface area (Å²) in [4.78, 5) is 0.327. The second-order valence-corrected chi connectivity index (χ2v) is 8.66. The maximum Gasteiger partial charge on any atom is 0.240 e. The van der Waals surface area contributed by atoms with E-state index in [9.17, 15) is 8.42 Å². The highest BCUT2D eigenvalue weighted by atomic mass is 32.2. The normalized spacial score (nSPS) is 16.9. The summed E-state index contributed by atoms with van der Waals surface area (Å²) < 4.78 is 33.7. The van der Waals surface area contributed by atoms with Gasteiger partial charge in [-0.1, -0.05) is 33.6 Å². The molecule has 0 heterocycles. The van der Waals surface area contributed by atoms with Gasteiger partial charge in [-0.2, -0.15) is 0 Å². The van der Waals surface area contributed by atoms with E-state index < -0.39 is 10.0 Å². The maximum atomic E-state index is 12.6. The third-order valence-corrected chi connectivity index (χ3v) is 5.56. The van der Waals surface area contributed by atoms with E-state index in [1.165, 1.54) is 0 Å². The Balaban J connectivity index is 2.34. The van der Waals surface area contributed by atoms with E-state index in [-0.39, 0.29) is 11.5 Å². The second-order valence-electron chi connectivity index (χ2n) is 6.94. The lowest BCUT2D eigenvalue weighted by molar-refractivity contribution is 0.329. The Kier molecular flexibility index (Phi) is 5.17. The van der Waals surface area contributed by atoms with Crippen LogP contribution in [-0.4, -0.2) is 21.1 Å². The van der Waals surface area contributed by atoms with Gasteiger partial charge in [0.2, 0.25) is 10.0 Å². The fraction of sp³-hybridized carbons (Fsp3) is 0.647. The van der Waals surface area contributed by atoms with E-state index in [0.717, 1.165) is 37.0 Å². The Morgan fingerprint density at radius 1 is 1.23 bits per heavy atom. The fourth-order valence-electron chi connectivity index (χ4n) is 2.87. The molecule has 1 aliphatic rings. The van der Waals surface area contributed by atoms with E-state index in [4.69, 9.17) is 4.74 Å². The molecule has 2 rings (SSSR count). The molecule has 0 unspecified atom stereocenters. The predicted octanol–water partition coefficient (Wildman–Crippen LogP) is 3.60. The average molecular weight is 325 g/mol. The first-order valence-corrected chi connectivity index (χ1v) is 9.52. The molecule has 1 fully saturated rings. The van der Waals surface area contributed by atoms with Gasteiger partial charge < -0.3 is 4.74 Å². The molecule has 1 aromatic rings. The minimum Gasteiger partial charge on any atom is -0.494 e. The van der Waals surface area contributed by atoms with Gasteiger partial charge in [0.15, 0.2) is 0 Å². The van der Waals surface area contributed by atoms with Crippen molar-refractivity contribution in [2.24, 2.45) is 0 Å².